The summed E-state index contributed by atoms with van der Waals surface area (Å²) < 4.78 is 28.2. The lowest BCUT2D eigenvalue weighted by Gasteiger charge is -2.33. The third-order valence-corrected chi connectivity index (χ3v) is 6.83. The van der Waals surface area contributed by atoms with Gasteiger partial charge in [-0.1, -0.05) is 78.3 Å². The van der Waals surface area contributed by atoms with Crippen LogP contribution in [-0.4, -0.2) is 19.3 Å². The van der Waals surface area contributed by atoms with Crippen molar-refractivity contribution < 1.29 is 8.42 Å². The fourth-order valence-corrected chi connectivity index (χ4v) is 4.92. The minimum Gasteiger partial charge on any atom is -0.266 e. The van der Waals surface area contributed by atoms with Crippen molar-refractivity contribution in [2.75, 3.05) is 6.54 Å². The maximum absolute atomic E-state index is 13.3. The molecule has 1 heterocycles. The van der Waals surface area contributed by atoms with Crippen molar-refractivity contribution in [3.05, 3.63) is 114 Å². The van der Waals surface area contributed by atoms with Crippen molar-refractivity contribution in [3.8, 4) is 0 Å². The zero-order valence-electron chi connectivity index (χ0n) is 15.1. The van der Waals surface area contributed by atoms with Gasteiger partial charge in [-0.25, -0.2) is 8.42 Å². The number of nitrogens with zero attached hydrogens (tertiary/aromatic N) is 1. The standard InChI is InChI=1S/C23H19ClNO2S/c24-21-11-13-22(14-12-21)28(26,27)25-16-15-20(18-7-3-1-4-8-18)17-23(25)19-9-5-2-6-10-19/h1-15,17,20H,16H2. The third kappa shape index (κ3) is 3.71. The highest BCUT2D eigenvalue weighted by Gasteiger charge is 2.32. The van der Waals surface area contributed by atoms with Gasteiger partial charge in [0.05, 0.1) is 10.6 Å². The Morgan fingerprint density at radius 1 is 0.821 bits per heavy atom. The molecule has 0 saturated heterocycles. The Labute approximate surface area is 170 Å². The lowest BCUT2D eigenvalue weighted by Crippen LogP contribution is -2.34. The van der Waals surface area contributed by atoms with Gasteiger partial charge in [-0.3, -0.25) is 4.31 Å². The van der Waals surface area contributed by atoms with Crippen LogP contribution in [0.4, 0.5) is 0 Å². The van der Waals surface area contributed by atoms with Gasteiger partial charge in [0.2, 0.25) is 0 Å². The normalized spacial score (nSPS) is 17.2. The van der Waals surface area contributed by atoms with Gasteiger partial charge in [-0.05, 0) is 41.8 Å². The highest BCUT2D eigenvalue weighted by molar-refractivity contribution is 7.89. The molecule has 0 spiro atoms. The first-order valence-corrected chi connectivity index (χ1v) is 10.8. The molecule has 3 nitrogen and oxygen atoms in total. The zero-order chi connectivity index (χ0) is 19.6. The number of rotatable bonds is 4. The number of hydrogen-bond donors (Lipinski definition) is 0. The number of allylic oxidation sites excluding steroid dienone is 1. The molecule has 0 aromatic heterocycles. The summed E-state index contributed by atoms with van der Waals surface area (Å²) in [6.07, 6.45) is 4.04. The molecule has 1 aliphatic heterocycles. The van der Waals surface area contributed by atoms with Crippen molar-refractivity contribution in [2.24, 2.45) is 0 Å². The largest absolute Gasteiger partial charge is 0.266 e. The van der Waals surface area contributed by atoms with Crippen LogP contribution in [0.2, 0.25) is 5.02 Å². The van der Waals surface area contributed by atoms with Gasteiger partial charge in [-0.2, -0.15) is 0 Å². The summed E-state index contributed by atoms with van der Waals surface area (Å²) in [5, 5.41) is 0.507. The van der Waals surface area contributed by atoms with Gasteiger partial charge in [0.15, 0.2) is 0 Å². The van der Waals surface area contributed by atoms with Gasteiger partial charge in [-0.15, -0.1) is 0 Å². The molecular weight excluding hydrogens is 390 g/mol. The molecule has 28 heavy (non-hydrogen) atoms. The highest BCUT2D eigenvalue weighted by atomic mass is 35.5. The van der Waals surface area contributed by atoms with E-state index in [-0.39, 0.29) is 10.8 Å². The molecule has 0 fully saturated rings. The first kappa shape index (κ1) is 18.8. The van der Waals surface area contributed by atoms with Crippen molar-refractivity contribution >= 4 is 27.3 Å². The molecule has 0 aliphatic carbocycles. The molecule has 0 amide bonds. The van der Waals surface area contributed by atoms with E-state index in [1.165, 1.54) is 4.31 Å². The first-order valence-electron chi connectivity index (χ1n) is 8.99. The molecule has 1 atom stereocenters. The smallest absolute Gasteiger partial charge is 0.264 e. The Bertz CT molecular complexity index is 1080. The summed E-state index contributed by atoms with van der Waals surface area (Å²) in [6, 6.07) is 26.0. The number of halogens is 1. The molecule has 3 aromatic rings. The van der Waals surface area contributed by atoms with Crippen LogP contribution in [0.1, 0.15) is 17.0 Å². The Kier molecular flexibility index (Phi) is 5.25. The Morgan fingerprint density at radius 2 is 1.43 bits per heavy atom. The average molecular weight is 409 g/mol. The Balaban J connectivity index is 1.79. The van der Waals surface area contributed by atoms with Crippen molar-refractivity contribution in [1.29, 1.82) is 0 Å². The predicted molar refractivity (Wildman–Crippen MR) is 113 cm³/mol. The van der Waals surface area contributed by atoms with Gasteiger partial charge in [0.25, 0.3) is 10.0 Å². The van der Waals surface area contributed by atoms with Crippen LogP contribution in [0.5, 0.6) is 0 Å². The van der Waals surface area contributed by atoms with Crippen LogP contribution < -0.4 is 0 Å². The number of sulfonamides is 1. The summed E-state index contributed by atoms with van der Waals surface area (Å²) in [5.41, 5.74) is 2.69. The van der Waals surface area contributed by atoms with Crippen LogP contribution in [0.25, 0.3) is 5.70 Å². The van der Waals surface area contributed by atoms with Crippen molar-refractivity contribution in [1.82, 2.24) is 4.31 Å². The van der Waals surface area contributed by atoms with Crippen LogP contribution in [0.15, 0.2) is 95.9 Å². The Morgan fingerprint density at radius 3 is 2.07 bits per heavy atom. The van der Waals surface area contributed by atoms with Crippen LogP contribution in [-0.2, 0) is 10.0 Å². The predicted octanol–water partition coefficient (Wildman–Crippen LogP) is 5.37. The van der Waals surface area contributed by atoms with Crippen LogP contribution in [0, 0.1) is 6.42 Å². The lowest BCUT2D eigenvalue weighted by atomic mass is 9.91. The molecule has 1 aliphatic rings. The minimum absolute atomic E-state index is 0.0491. The number of hydrogen-bond acceptors (Lipinski definition) is 2. The molecule has 0 N–H and O–H groups in total. The highest BCUT2D eigenvalue weighted by Crippen LogP contribution is 2.36. The van der Waals surface area contributed by atoms with E-state index >= 15 is 0 Å². The van der Waals surface area contributed by atoms with Crippen molar-refractivity contribution in [3.63, 3.8) is 0 Å². The zero-order valence-corrected chi connectivity index (χ0v) is 16.6. The summed E-state index contributed by atoms with van der Waals surface area (Å²) in [7, 11) is -3.71. The van der Waals surface area contributed by atoms with Gasteiger partial charge >= 0.3 is 0 Å². The van der Waals surface area contributed by atoms with Crippen molar-refractivity contribution in [2.45, 2.75) is 10.8 Å². The minimum atomic E-state index is -3.71. The second-order valence-electron chi connectivity index (χ2n) is 6.58. The average Bonchev–Trinajstić information content (AvgIpc) is 2.75. The Hall–Kier alpha value is -2.56. The SMILES string of the molecule is O=S(=O)(c1ccc(Cl)cc1)N1C[CH]C(c2ccccc2)C=C1c1ccccc1. The van der Waals surface area contributed by atoms with E-state index in [9.17, 15) is 8.42 Å². The second-order valence-corrected chi connectivity index (χ2v) is 8.88. The van der Waals surface area contributed by atoms with E-state index in [0.29, 0.717) is 17.3 Å². The van der Waals surface area contributed by atoms with Gasteiger partial charge in [0.1, 0.15) is 0 Å². The maximum atomic E-state index is 13.3. The molecule has 1 unspecified atom stereocenters. The van der Waals surface area contributed by atoms with Crippen LogP contribution >= 0.6 is 11.6 Å². The third-order valence-electron chi connectivity index (χ3n) is 4.79. The summed E-state index contributed by atoms with van der Waals surface area (Å²) in [4.78, 5) is 0.227. The van der Waals surface area contributed by atoms with Gasteiger partial charge < -0.3 is 0 Å². The van der Waals surface area contributed by atoms with E-state index in [2.05, 4.69) is 12.1 Å². The molecule has 0 saturated carbocycles. The molecule has 4 rings (SSSR count). The van der Waals surface area contributed by atoms with Gasteiger partial charge in [0, 0.05) is 17.5 Å². The van der Waals surface area contributed by atoms with E-state index < -0.39 is 10.0 Å². The molecule has 5 heteroatoms. The molecule has 3 aromatic carbocycles. The van der Waals surface area contributed by atoms with E-state index in [1.54, 1.807) is 24.3 Å². The maximum Gasteiger partial charge on any atom is 0.264 e. The first-order chi connectivity index (χ1) is 13.6. The fourth-order valence-electron chi connectivity index (χ4n) is 3.35. The monoisotopic (exact) mass is 408 g/mol. The van der Waals surface area contributed by atoms with E-state index in [1.807, 2.05) is 61.0 Å². The quantitative estimate of drug-likeness (QED) is 0.581. The summed E-state index contributed by atoms with van der Waals surface area (Å²) in [5.74, 6) is 0.0491. The summed E-state index contributed by atoms with van der Waals surface area (Å²) >= 11 is 5.93. The van der Waals surface area contributed by atoms with Crippen LogP contribution in [0.3, 0.4) is 0 Å². The molecule has 1 radical (unpaired) electrons. The fraction of sp³-hybridized carbons (Fsp3) is 0.0870. The van der Waals surface area contributed by atoms with E-state index in [4.69, 9.17) is 11.6 Å². The van der Waals surface area contributed by atoms with E-state index in [0.717, 1.165) is 11.1 Å². The number of benzene rings is 3. The lowest BCUT2D eigenvalue weighted by molar-refractivity contribution is 0.513. The molecule has 0 bridgehead atoms. The second kappa shape index (κ2) is 7.82. The summed E-state index contributed by atoms with van der Waals surface area (Å²) in [6.45, 7) is 0.297. The topological polar surface area (TPSA) is 37.4 Å². The molecule has 141 valence electrons. The molecular formula is C23H19ClNO2S.